The van der Waals surface area contributed by atoms with Gasteiger partial charge < -0.3 is 24.3 Å². The lowest BCUT2D eigenvalue weighted by Crippen LogP contribution is -2.44. The van der Waals surface area contributed by atoms with Crippen molar-refractivity contribution in [3.8, 4) is 22.6 Å². The molecule has 0 radical (unpaired) electrons. The molecular weight excluding hydrogens is 530 g/mol. The number of fused-ring (bicyclic) bond motifs is 1. The summed E-state index contributed by atoms with van der Waals surface area (Å²) < 4.78 is 13.5. The number of H-pyrrole nitrogens is 1. The fraction of sp³-hybridized carbons (Fsp3) is 0.500. The van der Waals surface area contributed by atoms with Crippen LogP contribution in [0.2, 0.25) is 0 Å². The van der Waals surface area contributed by atoms with Crippen LogP contribution in [0.25, 0.3) is 33.5 Å². The molecule has 0 unspecified atom stereocenters. The van der Waals surface area contributed by atoms with Crippen molar-refractivity contribution in [2.24, 2.45) is 0 Å². The van der Waals surface area contributed by atoms with E-state index in [2.05, 4.69) is 59.6 Å². The summed E-state index contributed by atoms with van der Waals surface area (Å²) in [6, 6.07) is 10.8. The predicted molar refractivity (Wildman–Crippen MR) is 164 cm³/mol. The first-order valence-corrected chi connectivity index (χ1v) is 14.9. The largest absolute Gasteiger partial charge is 0.444 e. The van der Waals surface area contributed by atoms with Crippen LogP contribution in [0.5, 0.6) is 0 Å². The second-order valence-electron chi connectivity index (χ2n) is 12.5. The third kappa shape index (κ3) is 5.47. The van der Waals surface area contributed by atoms with Crippen LogP contribution in [0, 0.1) is 13.8 Å². The molecule has 0 aliphatic carbocycles. The Morgan fingerprint density at radius 3 is 2.62 bits per heavy atom. The van der Waals surface area contributed by atoms with Gasteiger partial charge in [-0.3, -0.25) is 4.68 Å². The lowest BCUT2D eigenvalue weighted by Gasteiger charge is -2.34. The number of aryl methyl sites for hydroxylation is 1. The molecule has 2 aliphatic rings. The fourth-order valence-electron chi connectivity index (χ4n) is 6.19. The highest BCUT2D eigenvalue weighted by Gasteiger charge is 2.30. The molecule has 0 saturated carbocycles. The smallest absolute Gasteiger partial charge is 0.410 e. The van der Waals surface area contributed by atoms with E-state index in [1.54, 1.807) is 0 Å². The summed E-state index contributed by atoms with van der Waals surface area (Å²) in [5, 5.41) is 6.12. The van der Waals surface area contributed by atoms with Crippen LogP contribution in [0.4, 0.5) is 10.6 Å². The molecule has 6 rings (SSSR count). The van der Waals surface area contributed by atoms with Gasteiger partial charge in [0.2, 0.25) is 0 Å². The maximum atomic E-state index is 12.6. The van der Waals surface area contributed by atoms with Crippen molar-refractivity contribution in [2.45, 2.75) is 72.1 Å². The second kappa shape index (κ2) is 11.1. The highest BCUT2D eigenvalue weighted by Crippen LogP contribution is 2.35. The molecule has 1 atom stereocenters. The van der Waals surface area contributed by atoms with Crippen molar-refractivity contribution in [2.75, 3.05) is 37.7 Å². The van der Waals surface area contributed by atoms with E-state index in [0.29, 0.717) is 32.1 Å². The molecule has 10 heteroatoms. The maximum absolute atomic E-state index is 12.6. The van der Waals surface area contributed by atoms with Crippen LogP contribution in [0.15, 0.2) is 36.5 Å². The zero-order chi connectivity index (χ0) is 29.6. The number of piperidine rings is 1. The lowest BCUT2D eigenvalue weighted by molar-refractivity contribution is 0.0184. The molecule has 0 spiro atoms. The molecular formula is C32H41N7O3. The lowest BCUT2D eigenvalue weighted by atomic mass is 10.0. The van der Waals surface area contributed by atoms with E-state index in [9.17, 15) is 4.79 Å². The summed E-state index contributed by atoms with van der Waals surface area (Å²) in [6.45, 7) is 15.5. The first kappa shape index (κ1) is 28.2. The number of nitrogens with one attached hydrogen (secondary N) is 1. The Labute approximate surface area is 247 Å². The summed E-state index contributed by atoms with van der Waals surface area (Å²) in [5.41, 5.74) is 5.47. The highest BCUT2D eigenvalue weighted by molar-refractivity contribution is 5.93. The van der Waals surface area contributed by atoms with E-state index >= 15 is 0 Å². The Balaban J connectivity index is 1.36. The van der Waals surface area contributed by atoms with E-state index in [1.165, 1.54) is 0 Å². The molecule has 1 amide bonds. The van der Waals surface area contributed by atoms with Crippen LogP contribution in [-0.2, 0) is 9.47 Å². The predicted octanol–water partition coefficient (Wildman–Crippen LogP) is 5.90. The minimum Gasteiger partial charge on any atom is -0.444 e. The number of rotatable bonds is 4. The van der Waals surface area contributed by atoms with E-state index in [1.807, 2.05) is 37.9 Å². The SMILES string of the molecule is Cc1nn(C2CCN(C(=O)OC(C)(C)C)CC2)c(C)c1-c1cc(N2CCOC[C@H]2C)nc(-c2cccc3[nH]ccc23)n1. The third-order valence-corrected chi connectivity index (χ3v) is 8.25. The molecule has 222 valence electrons. The van der Waals surface area contributed by atoms with Crippen LogP contribution < -0.4 is 4.90 Å². The number of aromatic nitrogens is 5. The Morgan fingerprint density at radius 1 is 1.10 bits per heavy atom. The first-order chi connectivity index (χ1) is 20.1. The summed E-state index contributed by atoms with van der Waals surface area (Å²) >= 11 is 0. The number of amides is 1. The normalized spacial score (nSPS) is 18.6. The van der Waals surface area contributed by atoms with Gasteiger partial charge in [-0.2, -0.15) is 5.10 Å². The summed E-state index contributed by atoms with van der Waals surface area (Å²) in [5.74, 6) is 1.60. The summed E-state index contributed by atoms with van der Waals surface area (Å²) in [7, 11) is 0. The summed E-state index contributed by atoms with van der Waals surface area (Å²) in [4.78, 5) is 30.3. The quantitative estimate of drug-likeness (QED) is 0.325. The van der Waals surface area contributed by atoms with Gasteiger partial charge in [-0.15, -0.1) is 0 Å². The Bertz CT molecular complexity index is 1590. The van der Waals surface area contributed by atoms with Gasteiger partial charge in [0.1, 0.15) is 11.4 Å². The van der Waals surface area contributed by atoms with Gasteiger partial charge in [0, 0.05) is 59.6 Å². The van der Waals surface area contributed by atoms with Crippen molar-refractivity contribution in [3.63, 3.8) is 0 Å². The number of carbonyl (C=O) groups excluding carboxylic acids is 1. The number of likely N-dealkylation sites (tertiary alicyclic amines) is 1. The van der Waals surface area contributed by atoms with Crippen molar-refractivity contribution >= 4 is 22.8 Å². The van der Waals surface area contributed by atoms with E-state index in [4.69, 9.17) is 24.5 Å². The number of benzene rings is 1. The van der Waals surface area contributed by atoms with Gasteiger partial charge in [-0.05, 0) is 66.5 Å². The van der Waals surface area contributed by atoms with Crippen LogP contribution in [0.3, 0.4) is 0 Å². The number of ether oxygens (including phenoxy) is 2. The van der Waals surface area contributed by atoms with Crippen molar-refractivity contribution < 1.29 is 14.3 Å². The molecule has 0 bridgehead atoms. The van der Waals surface area contributed by atoms with Crippen molar-refractivity contribution in [1.82, 2.24) is 29.6 Å². The number of hydrogen-bond acceptors (Lipinski definition) is 7. The molecule has 4 aromatic rings. The number of nitrogens with zero attached hydrogens (tertiary/aromatic N) is 6. The maximum Gasteiger partial charge on any atom is 0.410 e. The van der Waals surface area contributed by atoms with Gasteiger partial charge in [-0.25, -0.2) is 14.8 Å². The van der Waals surface area contributed by atoms with Gasteiger partial charge in [0.05, 0.1) is 36.7 Å². The van der Waals surface area contributed by atoms with Crippen molar-refractivity contribution in [3.05, 3.63) is 47.9 Å². The van der Waals surface area contributed by atoms with E-state index in [0.717, 1.165) is 64.3 Å². The van der Waals surface area contributed by atoms with Crippen LogP contribution in [-0.4, -0.2) is 80.2 Å². The molecule has 2 fully saturated rings. The average Bonchev–Trinajstić information content (AvgIpc) is 3.56. The number of hydrogen-bond donors (Lipinski definition) is 1. The molecule has 3 aromatic heterocycles. The van der Waals surface area contributed by atoms with Crippen molar-refractivity contribution in [1.29, 1.82) is 0 Å². The molecule has 2 aliphatic heterocycles. The summed E-state index contributed by atoms with van der Waals surface area (Å²) in [6.07, 6.45) is 3.35. The topological polar surface area (TPSA) is 101 Å². The van der Waals surface area contributed by atoms with Crippen LogP contribution in [0.1, 0.15) is 58.0 Å². The average molecular weight is 572 g/mol. The molecule has 1 aromatic carbocycles. The second-order valence-corrected chi connectivity index (χ2v) is 12.5. The van der Waals surface area contributed by atoms with E-state index in [-0.39, 0.29) is 18.2 Å². The number of carbonyl (C=O) groups is 1. The number of morpholine rings is 1. The zero-order valence-corrected chi connectivity index (χ0v) is 25.5. The standard InChI is InChI=1S/C32H41N7O3/c1-20-19-41-17-16-38(20)28-18-27(34-30(35-28)25-8-7-9-26-24(25)10-13-33-26)29-21(2)36-39(22(29)3)23-11-14-37(15-12-23)31(40)42-32(4,5)6/h7-10,13,18,20,23,33H,11-12,14-17,19H2,1-6H3/t20-/m1/s1. The number of aromatic amines is 1. The van der Waals surface area contributed by atoms with Crippen LogP contribution >= 0.6 is 0 Å². The molecule has 42 heavy (non-hydrogen) atoms. The monoisotopic (exact) mass is 571 g/mol. The molecule has 10 nitrogen and oxygen atoms in total. The van der Waals surface area contributed by atoms with Gasteiger partial charge in [0.25, 0.3) is 0 Å². The Kier molecular flexibility index (Phi) is 7.43. The first-order valence-electron chi connectivity index (χ1n) is 14.9. The molecule has 5 heterocycles. The minimum atomic E-state index is -0.501. The van der Waals surface area contributed by atoms with E-state index < -0.39 is 5.60 Å². The number of anilines is 1. The highest BCUT2D eigenvalue weighted by atomic mass is 16.6. The Hall–Kier alpha value is -3.92. The third-order valence-electron chi connectivity index (χ3n) is 8.25. The zero-order valence-electron chi connectivity index (χ0n) is 25.5. The molecule has 1 N–H and O–H groups in total. The minimum absolute atomic E-state index is 0.199. The molecule has 2 saturated heterocycles. The Morgan fingerprint density at radius 2 is 1.88 bits per heavy atom. The van der Waals surface area contributed by atoms with Gasteiger partial charge in [-0.1, -0.05) is 12.1 Å². The fourth-order valence-corrected chi connectivity index (χ4v) is 6.19. The van der Waals surface area contributed by atoms with Gasteiger partial charge >= 0.3 is 6.09 Å². The van der Waals surface area contributed by atoms with Gasteiger partial charge in [0.15, 0.2) is 5.82 Å².